The van der Waals surface area contributed by atoms with Crippen LogP contribution in [0.5, 0.6) is 11.5 Å². The molecule has 0 radical (unpaired) electrons. The van der Waals surface area contributed by atoms with Gasteiger partial charge in [-0.25, -0.2) is 4.79 Å². The second kappa shape index (κ2) is 10.7. The van der Waals surface area contributed by atoms with Gasteiger partial charge in [0.1, 0.15) is 18.1 Å². The SMILES string of the molecule is COc1ccc(Cl)cc1NC(=O)N1CCOc2ccc(CN(C(C)=O)c3ccc(C)cc3)cc2C1. The Morgan fingerprint density at radius 1 is 1.11 bits per heavy atom. The quantitative estimate of drug-likeness (QED) is 0.499. The molecule has 1 heterocycles. The van der Waals surface area contributed by atoms with E-state index >= 15 is 0 Å². The van der Waals surface area contributed by atoms with E-state index in [-0.39, 0.29) is 11.9 Å². The standard InChI is InChI=1S/C27H28ClN3O4/c1-18-4-8-23(9-5-18)31(19(2)32)16-20-6-10-25-21(14-20)17-30(12-13-35-25)27(33)29-24-15-22(28)7-11-26(24)34-3/h4-11,14-15H,12-13,16-17H2,1-3H3,(H,29,33). The van der Waals surface area contributed by atoms with Crippen LogP contribution in [-0.4, -0.2) is 37.1 Å². The highest BCUT2D eigenvalue weighted by Crippen LogP contribution is 2.30. The third-order valence-corrected chi connectivity index (χ3v) is 6.10. The highest BCUT2D eigenvalue weighted by molar-refractivity contribution is 6.31. The van der Waals surface area contributed by atoms with Gasteiger partial charge in [0, 0.05) is 23.2 Å². The van der Waals surface area contributed by atoms with Crippen molar-refractivity contribution in [1.29, 1.82) is 0 Å². The molecule has 0 atom stereocenters. The maximum absolute atomic E-state index is 13.1. The van der Waals surface area contributed by atoms with Crippen LogP contribution in [0.2, 0.25) is 5.02 Å². The zero-order chi connectivity index (χ0) is 24.9. The lowest BCUT2D eigenvalue weighted by molar-refractivity contribution is -0.116. The Balaban J connectivity index is 1.53. The monoisotopic (exact) mass is 493 g/mol. The predicted molar refractivity (Wildman–Crippen MR) is 137 cm³/mol. The van der Waals surface area contributed by atoms with E-state index in [9.17, 15) is 9.59 Å². The molecular weight excluding hydrogens is 466 g/mol. The number of ether oxygens (including phenoxy) is 2. The van der Waals surface area contributed by atoms with Gasteiger partial charge in [-0.05, 0) is 55.0 Å². The number of nitrogens with zero attached hydrogens (tertiary/aromatic N) is 2. The number of nitrogens with one attached hydrogen (secondary N) is 1. The van der Waals surface area contributed by atoms with E-state index in [1.165, 1.54) is 7.11 Å². The summed E-state index contributed by atoms with van der Waals surface area (Å²) in [4.78, 5) is 28.9. The number of benzene rings is 3. The molecule has 1 aliphatic rings. The van der Waals surface area contributed by atoms with Crippen molar-refractivity contribution in [2.75, 3.05) is 30.5 Å². The molecule has 8 heteroatoms. The van der Waals surface area contributed by atoms with E-state index in [0.717, 1.165) is 28.1 Å². The fourth-order valence-corrected chi connectivity index (χ4v) is 4.16. The molecule has 3 aromatic rings. The summed E-state index contributed by atoms with van der Waals surface area (Å²) in [6, 6.07) is 18.5. The summed E-state index contributed by atoms with van der Waals surface area (Å²) < 4.78 is 11.2. The number of hydrogen-bond acceptors (Lipinski definition) is 4. The Kier molecular flexibility index (Phi) is 7.46. The molecule has 0 spiro atoms. The van der Waals surface area contributed by atoms with Gasteiger partial charge in [-0.2, -0.15) is 0 Å². The minimum Gasteiger partial charge on any atom is -0.495 e. The van der Waals surface area contributed by atoms with Gasteiger partial charge in [0.15, 0.2) is 0 Å². The van der Waals surface area contributed by atoms with Crippen molar-refractivity contribution in [1.82, 2.24) is 4.90 Å². The number of anilines is 2. The molecule has 35 heavy (non-hydrogen) atoms. The second-order valence-electron chi connectivity index (χ2n) is 8.43. The summed E-state index contributed by atoms with van der Waals surface area (Å²) in [6.07, 6.45) is 0. The molecule has 4 rings (SSSR count). The first-order valence-electron chi connectivity index (χ1n) is 11.3. The fourth-order valence-electron chi connectivity index (χ4n) is 3.98. The van der Waals surface area contributed by atoms with Crippen molar-refractivity contribution in [2.45, 2.75) is 26.9 Å². The number of urea groups is 1. The molecule has 0 aliphatic carbocycles. The zero-order valence-electron chi connectivity index (χ0n) is 20.0. The normalized spacial score (nSPS) is 12.7. The molecule has 0 bridgehead atoms. The molecule has 0 fully saturated rings. The minimum atomic E-state index is -0.280. The van der Waals surface area contributed by atoms with Crippen molar-refractivity contribution in [3.8, 4) is 11.5 Å². The van der Waals surface area contributed by atoms with Crippen LogP contribution in [0.1, 0.15) is 23.6 Å². The summed E-state index contributed by atoms with van der Waals surface area (Å²) in [6.45, 7) is 5.14. The summed E-state index contributed by atoms with van der Waals surface area (Å²) in [7, 11) is 1.54. The maximum atomic E-state index is 13.1. The average molecular weight is 494 g/mol. The number of hydrogen-bond donors (Lipinski definition) is 1. The van der Waals surface area contributed by atoms with E-state index < -0.39 is 0 Å². The van der Waals surface area contributed by atoms with E-state index in [0.29, 0.717) is 42.7 Å². The number of fused-ring (bicyclic) bond motifs is 1. The van der Waals surface area contributed by atoms with Gasteiger partial charge in [-0.1, -0.05) is 35.4 Å². The number of carbonyl (C=O) groups excluding carboxylic acids is 2. The van der Waals surface area contributed by atoms with Gasteiger partial charge in [0.2, 0.25) is 5.91 Å². The first kappa shape index (κ1) is 24.4. The molecule has 0 saturated heterocycles. The van der Waals surface area contributed by atoms with E-state index in [4.69, 9.17) is 21.1 Å². The Bertz CT molecular complexity index is 1230. The summed E-state index contributed by atoms with van der Waals surface area (Å²) >= 11 is 6.10. The van der Waals surface area contributed by atoms with Crippen LogP contribution >= 0.6 is 11.6 Å². The zero-order valence-corrected chi connectivity index (χ0v) is 20.8. The largest absolute Gasteiger partial charge is 0.495 e. The molecule has 0 aromatic heterocycles. The topological polar surface area (TPSA) is 71.1 Å². The molecule has 3 amide bonds. The molecule has 7 nitrogen and oxygen atoms in total. The highest BCUT2D eigenvalue weighted by Gasteiger charge is 2.22. The van der Waals surface area contributed by atoms with Gasteiger partial charge < -0.3 is 24.6 Å². The Morgan fingerprint density at radius 2 is 1.89 bits per heavy atom. The van der Waals surface area contributed by atoms with Crippen LogP contribution in [0, 0.1) is 6.92 Å². The van der Waals surface area contributed by atoms with Crippen molar-refractivity contribution in [2.24, 2.45) is 0 Å². The summed E-state index contributed by atoms with van der Waals surface area (Å²) in [5, 5.41) is 3.39. The van der Waals surface area contributed by atoms with Gasteiger partial charge in [0.05, 0.1) is 32.4 Å². The van der Waals surface area contributed by atoms with E-state index in [2.05, 4.69) is 5.32 Å². The lowest BCUT2D eigenvalue weighted by Gasteiger charge is -2.23. The number of methoxy groups -OCH3 is 1. The minimum absolute atomic E-state index is 0.0449. The molecule has 1 aliphatic heterocycles. The van der Waals surface area contributed by atoms with Crippen LogP contribution in [0.15, 0.2) is 60.7 Å². The molecule has 0 saturated carbocycles. The smallest absolute Gasteiger partial charge is 0.322 e. The van der Waals surface area contributed by atoms with Crippen molar-refractivity contribution >= 4 is 34.9 Å². The van der Waals surface area contributed by atoms with E-state index in [1.54, 1.807) is 34.9 Å². The number of aryl methyl sites for hydroxylation is 1. The Labute approximate surface area is 210 Å². The van der Waals surface area contributed by atoms with Crippen LogP contribution in [0.4, 0.5) is 16.2 Å². The first-order valence-corrected chi connectivity index (χ1v) is 11.7. The van der Waals surface area contributed by atoms with E-state index in [1.807, 2.05) is 49.4 Å². The molecule has 0 unspecified atom stereocenters. The fraction of sp³-hybridized carbons (Fsp3) is 0.259. The second-order valence-corrected chi connectivity index (χ2v) is 8.86. The Hall–Kier alpha value is -3.71. The van der Waals surface area contributed by atoms with Crippen LogP contribution in [0.3, 0.4) is 0 Å². The van der Waals surface area contributed by atoms with Crippen LogP contribution in [0.25, 0.3) is 0 Å². The summed E-state index contributed by atoms with van der Waals surface area (Å²) in [5.41, 5.74) is 4.29. The molecular formula is C27H28ClN3O4. The highest BCUT2D eigenvalue weighted by atomic mass is 35.5. The molecule has 1 N–H and O–H groups in total. The van der Waals surface area contributed by atoms with Crippen molar-refractivity contribution in [3.63, 3.8) is 0 Å². The van der Waals surface area contributed by atoms with Crippen LogP contribution < -0.4 is 19.7 Å². The first-order chi connectivity index (χ1) is 16.8. The predicted octanol–water partition coefficient (Wildman–Crippen LogP) is 5.64. The molecule has 182 valence electrons. The van der Waals surface area contributed by atoms with Gasteiger partial charge in [0.25, 0.3) is 0 Å². The summed E-state index contributed by atoms with van der Waals surface area (Å²) in [5.74, 6) is 1.21. The van der Waals surface area contributed by atoms with Gasteiger partial charge in [-0.15, -0.1) is 0 Å². The number of amides is 3. The third kappa shape index (κ3) is 5.87. The molecule has 3 aromatic carbocycles. The maximum Gasteiger partial charge on any atom is 0.322 e. The number of carbonyl (C=O) groups is 2. The number of halogens is 1. The van der Waals surface area contributed by atoms with Gasteiger partial charge >= 0.3 is 6.03 Å². The van der Waals surface area contributed by atoms with Gasteiger partial charge in [-0.3, -0.25) is 4.79 Å². The average Bonchev–Trinajstić information content (AvgIpc) is 3.05. The Morgan fingerprint density at radius 3 is 2.60 bits per heavy atom. The van der Waals surface area contributed by atoms with Crippen LogP contribution in [-0.2, 0) is 17.9 Å². The third-order valence-electron chi connectivity index (χ3n) is 5.86. The lowest BCUT2D eigenvalue weighted by Crippen LogP contribution is -2.36. The van der Waals surface area contributed by atoms with Crippen molar-refractivity contribution < 1.29 is 19.1 Å². The lowest BCUT2D eigenvalue weighted by atomic mass is 10.1. The van der Waals surface area contributed by atoms with Crippen molar-refractivity contribution in [3.05, 3.63) is 82.4 Å². The number of rotatable bonds is 5.